The standard InChI is InChI=1S/C60H105NO11/c1-6-11-15-19-22-26-33-51(32-25-18-14-9-4)46-68-56(62)35-27-28-36-57(63)69-48-53-42-54(44-55(43-53)50-72-60(65)71-47-52-34-31-39-61(10-5)45-52)49-70-58(64)37-38-59(66-40-29-23-20-16-12-7-2)67-41-30-24-21-17-13-8-3/h42-44,51-52,59H,6-41,45-50H2,1-5H3. The van der Waals surface area contributed by atoms with Gasteiger partial charge in [-0.3, -0.25) is 14.4 Å². The van der Waals surface area contributed by atoms with Crippen molar-refractivity contribution >= 4 is 24.1 Å². The fourth-order valence-electron chi connectivity index (χ4n) is 9.36. The van der Waals surface area contributed by atoms with Crippen LogP contribution < -0.4 is 0 Å². The molecule has 0 radical (unpaired) electrons. The third-order valence-corrected chi connectivity index (χ3v) is 13.9. The lowest BCUT2D eigenvalue weighted by atomic mass is 9.95. The first-order valence-electron chi connectivity index (χ1n) is 29.5. The normalized spacial score (nSPS) is 14.3. The van der Waals surface area contributed by atoms with Crippen LogP contribution in [0, 0.1) is 11.8 Å². The number of carbonyl (C=O) groups is 4. The highest BCUT2D eigenvalue weighted by molar-refractivity contribution is 5.71. The van der Waals surface area contributed by atoms with Crippen LogP contribution in [0.4, 0.5) is 4.79 Å². The van der Waals surface area contributed by atoms with Crippen LogP contribution in [0.1, 0.15) is 257 Å². The molecular weight excluding hydrogens is 911 g/mol. The number of esters is 3. The van der Waals surface area contributed by atoms with E-state index in [1.54, 1.807) is 0 Å². The lowest BCUT2D eigenvalue weighted by molar-refractivity contribution is -0.160. The number of rotatable bonds is 47. The summed E-state index contributed by atoms with van der Waals surface area (Å²) < 4.78 is 40.6. The van der Waals surface area contributed by atoms with Gasteiger partial charge >= 0.3 is 24.1 Å². The van der Waals surface area contributed by atoms with Crippen molar-refractivity contribution in [2.45, 2.75) is 266 Å². The van der Waals surface area contributed by atoms with E-state index in [4.69, 9.17) is 33.2 Å². The van der Waals surface area contributed by atoms with Crippen molar-refractivity contribution in [1.82, 2.24) is 4.90 Å². The van der Waals surface area contributed by atoms with Gasteiger partial charge in [-0.15, -0.1) is 0 Å². The molecule has 0 aromatic heterocycles. The maximum Gasteiger partial charge on any atom is 0.508 e. The van der Waals surface area contributed by atoms with Crippen molar-refractivity contribution in [2.24, 2.45) is 11.8 Å². The average Bonchev–Trinajstić information content (AvgIpc) is 3.39. The first kappa shape index (κ1) is 64.9. The molecule has 1 heterocycles. The molecule has 0 amide bonds. The highest BCUT2D eigenvalue weighted by Crippen LogP contribution is 2.22. The molecule has 1 aliphatic rings. The Morgan fingerprint density at radius 1 is 0.500 bits per heavy atom. The molecule has 1 aromatic carbocycles. The first-order chi connectivity index (χ1) is 35.2. The number of hydrogen-bond acceptors (Lipinski definition) is 12. The van der Waals surface area contributed by atoms with E-state index in [0.717, 1.165) is 71.0 Å². The molecule has 12 nitrogen and oxygen atoms in total. The van der Waals surface area contributed by atoms with E-state index in [1.165, 1.54) is 116 Å². The Balaban J connectivity index is 1.95. The molecule has 1 aromatic rings. The maximum absolute atomic E-state index is 13.2. The van der Waals surface area contributed by atoms with Crippen LogP contribution in [-0.4, -0.2) is 81.3 Å². The van der Waals surface area contributed by atoms with Gasteiger partial charge in [0.25, 0.3) is 0 Å². The van der Waals surface area contributed by atoms with Gasteiger partial charge in [0.1, 0.15) is 19.8 Å². The second-order valence-electron chi connectivity index (χ2n) is 20.6. The predicted octanol–water partition coefficient (Wildman–Crippen LogP) is 15.5. The Hall–Kier alpha value is -3.22. The van der Waals surface area contributed by atoms with E-state index in [1.807, 2.05) is 18.2 Å². The highest BCUT2D eigenvalue weighted by atomic mass is 16.7. The molecule has 12 heteroatoms. The highest BCUT2D eigenvalue weighted by Gasteiger charge is 2.21. The van der Waals surface area contributed by atoms with Gasteiger partial charge in [-0.05, 0) is 105 Å². The Kier molecular flexibility index (Phi) is 40.7. The van der Waals surface area contributed by atoms with E-state index >= 15 is 0 Å². The lowest BCUT2D eigenvalue weighted by Crippen LogP contribution is -2.37. The molecule has 1 fully saturated rings. The molecular formula is C60H105NO11. The van der Waals surface area contributed by atoms with E-state index < -0.39 is 12.4 Å². The van der Waals surface area contributed by atoms with Gasteiger partial charge in [-0.2, -0.15) is 0 Å². The number of benzene rings is 1. The monoisotopic (exact) mass is 1020 g/mol. The van der Waals surface area contributed by atoms with Crippen molar-refractivity contribution in [3.05, 3.63) is 34.9 Å². The van der Waals surface area contributed by atoms with Crippen LogP contribution in [0.3, 0.4) is 0 Å². The fraction of sp³-hybridized carbons (Fsp3) is 0.833. The van der Waals surface area contributed by atoms with Crippen LogP contribution in [0.15, 0.2) is 18.2 Å². The molecule has 2 rings (SSSR count). The lowest BCUT2D eigenvalue weighted by Gasteiger charge is -2.31. The number of hydrogen-bond donors (Lipinski definition) is 0. The third-order valence-electron chi connectivity index (χ3n) is 13.9. The van der Waals surface area contributed by atoms with Crippen molar-refractivity contribution in [3.63, 3.8) is 0 Å². The number of unbranched alkanes of at least 4 members (excludes halogenated alkanes) is 19. The van der Waals surface area contributed by atoms with E-state index in [2.05, 4.69) is 39.5 Å². The third kappa shape index (κ3) is 35.8. The van der Waals surface area contributed by atoms with E-state index in [0.29, 0.717) is 68.3 Å². The van der Waals surface area contributed by atoms with Gasteiger partial charge in [0.05, 0.1) is 19.6 Å². The summed E-state index contributed by atoms with van der Waals surface area (Å²) in [7, 11) is 0. The van der Waals surface area contributed by atoms with Crippen molar-refractivity contribution in [2.75, 3.05) is 46.1 Å². The van der Waals surface area contributed by atoms with Crippen LogP contribution >= 0.6 is 0 Å². The van der Waals surface area contributed by atoms with Crippen LogP contribution in [-0.2, 0) is 67.4 Å². The van der Waals surface area contributed by atoms with Crippen LogP contribution in [0.2, 0.25) is 0 Å². The second-order valence-corrected chi connectivity index (χ2v) is 20.6. The minimum atomic E-state index is -0.736. The number of piperidine rings is 1. The van der Waals surface area contributed by atoms with Gasteiger partial charge in [0, 0.05) is 44.9 Å². The molecule has 2 unspecified atom stereocenters. The number of carbonyl (C=O) groups excluding carboxylic acids is 4. The molecule has 0 spiro atoms. The second kappa shape index (κ2) is 45.2. The molecule has 2 atom stereocenters. The molecule has 0 N–H and O–H groups in total. The fourth-order valence-corrected chi connectivity index (χ4v) is 9.36. The summed E-state index contributed by atoms with van der Waals surface area (Å²) in [4.78, 5) is 53.9. The maximum atomic E-state index is 13.2. The molecule has 416 valence electrons. The average molecular weight is 1020 g/mol. The van der Waals surface area contributed by atoms with E-state index in [9.17, 15) is 19.2 Å². The number of likely N-dealkylation sites (tertiary alicyclic amines) is 1. The Bertz CT molecular complexity index is 1490. The molecule has 72 heavy (non-hydrogen) atoms. The zero-order chi connectivity index (χ0) is 52.1. The summed E-state index contributed by atoms with van der Waals surface area (Å²) in [5.41, 5.74) is 2.00. The molecule has 0 saturated carbocycles. The van der Waals surface area contributed by atoms with Crippen molar-refractivity contribution < 1.29 is 52.3 Å². The zero-order valence-electron chi connectivity index (χ0n) is 46.6. The summed E-state index contributed by atoms with van der Waals surface area (Å²) in [6.45, 7) is 15.9. The summed E-state index contributed by atoms with van der Waals surface area (Å²) in [6, 6.07) is 5.48. The first-order valence-corrected chi connectivity index (χ1v) is 29.5. The van der Waals surface area contributed by atoms with E-state index in [-0.39, 0.29) is 62.9 Å². The smallest absolute Gasteiger partial charge is 0.465 e. The Morgan fingerprint density at radius 2 is 0.944 bits per heavy atom. The van der Waals surface area contributed by atoms with Crippen molar-refractivity contribution in [1.29, 1.82) is 0 Å². The zero-order valence-corrected chi connectivity index (χ0v) is 46.6. The van der Waals surface area contributed by atoms with Gasteiger partial charge in [-0.25, -0.2) is 4.79 Å². The summed E-state index contributed by atoms with van der Waals surface area (Å²) in [5.74, 6) is -0.256. The van der Waals surface area contributed by atoms with Gasteiger partial charge in [-0.1, -0.05) is 163 Å². The van der Waals surface area contributed by atoms with Gasteiger partial charge < -0.3 is 38.1 Å². The summed E-state index contributed by atoms with van der Waals surface area (Å²) >= 11 is 0. The van der Waals surface area contributed by atoms with Crippen LogP contribution in [0.5, 0.6) is 0 Å². The summed E-state index contributed by atoms with van der Waals surface area (Å²) in [5, 5.41) is 0. The van der Waals surface area contributed by atoms with Gasteiger partial charge in [0.2, 0.25) is 0 Å². The van der Waals surface area contributed by atoms with Crippen molar-refractivity contribution in [3.8, 4) is 0 Å². The minimum Gasteiger partial charge on any atom is -0.465 e. The molecule has 0 aliphatic carbocycles. The SMILES string of the molecule is CCCCCCCCOC(CCC(=O)OCc1cc(COC(=O)CCCCC(=O)OCC(CCCCCC)CCCCCCCC)cc(COC(=O)OCC2CCCN(CC)C2)c1)OCCCCCCCC. The van der Waals surface area contributed by atoms with Crippen LogP contribution in [0.25, 0.3) is 0 Å². The quantitative estimate of drug-likeness (QED) is 0.0266. The topological polar surface area (TPSA) is 136 Å². The number of ether oxygens (including phenoxy) is 7. The molecule has 1 saturated heterocycles. The Labute approximate surface area is 438 Å². The number of nitrogens with zero attached hydrogens (tertiary/aromatic N) is 1. The minimum absolute atomic E-state index is 0.00960. The predicted molar refractivity (Wildman–Crippen MR) is 288 cm³/mol. The summed E-state index contributed by atoms with van der Waals surface area (Å²) in [6.07, 6.45) is 31.6. The largest absolute Gasteiger partial charge is 0.508 e. The Morgan fingerprint density at radius 3 is 1.46 bits per heavy atom. The molecule has 1 aliphatic heterocycles. The molecule has 0 bridgehead atoms. The van der Waals surface area contributed by atoms with Gasteiger partial charge in [0.15, 0.2) is 6.29 Å².